The van der Waals surface area contributed by atoms with Crippen LogP contribution in [-0.4, -0.2) is 32.2 Å². The van der Waals surface area contributed by atoms with Gasteiger partial charge in [-0.2, -0.15) is 0 Å². The average Bonchev–Trinajstić information content (AvgIpc) is 2.30. The number of rotatable bonds is 5. The molecule has 1 aromatic carbocycles. The number of hydrogen-bond donors (Lipinski definition) is 2. The van der Waals surface area contributed by atoms with Gasteiger partial charge in [0.1, 0.15) is 11.0 Å². The van der Waals surface area contributed by atoms with Gasteiger partial charge in [-0.25, -0.2) is 0 Å². The summed E-state index contributed by atoms with van der Waals surface area (Å²) in [5.41, 5.74) is 1.53. The first-order valence-electron chi connectivity index (χ1n) is 5.37. The molecule has 0 fully saturated rings. The summed E-state index contributed by atoms with van der Waals surface area (Å²) < 4.78 is 11.5. The molecule has 98 valence electrons. The molecule has 18 heavy (non-hydrogen) atoms. The lowest BCUT2D eigenvalue weighted by Crippen LogP contribution is -2.29. The summed E-state index contributed by atoms with van der Waals surface area (Å²) in [5.74, 6) is -1.94. The van der Waals surface area contributed by atoms with E-state index in [9.17, 15) is 13.8 Å². The van der Waals surface area contributed by atoms with Gasteiger partial charge < -0.3 is 10.4 Å². The highest BCUT2D eigenvalue weighted by Gasteiger charge is 2.21. The van der Waals surface area contributed by atoms with Crippen molar-refractivity contribution in [3.8, 4) is 0 Å². The number of carboxylic acid groups (broad SMARTS) is 1. The van der Waals surface area contributed by atoms with E-state index in [1.807, 2.05) is 19.1 Å². The molecule has 0 saturated carbocycles. The molecule has 0 aliphatic carbocycles. The van der Waals surface area contributed by atoms with Gasteiger partial charge in [0.05, 0.1) is 0 Å². The number of nitrogens with one attached hydrogen (secondary N) is 1. The molecule has 0 bridgehead atoms. The van der Waals surface area contributed by atoms with Crippen molar-refractivity contribution < 1.29 is 18.9 Å². The van der Waals surface area contributed by atoms with Crippen LogP contribution in [0, 0.1) is 6.92 Å². The Labute approximate surface area is 108 Å². The Morgan fingerprint density at radius 3 is 2.56 bits per heavy atom. The third-order valence-electron chi connectivity index (χ3n) is 2.43. The molecule has 2 N–H and O–H groups in total. The fraction of sp³-hybridized carbons (Fsp3) is 0.333. The fourth-order valence-corrected chi connectivity index (χ4v) is 2.07. The highest BCUT2D eigenvalue weighted by Crippen LogP contribution is 2.13. The predicted octanol–water partition coefficient (Wildman–Crippen LogP) is 1.16. The minimum absolute atomic E-state index is 0.318. The van der Waals surface area contributed by atoms with Crippen LogP contribution in [0.2, 0.25) is 0 Å². The van der Waals surface area contributed by atoms with Crippen molar-refractivity contribution in [2.75, 3.05) is 11.1 Å². The van der Waals surface area contributed by atoms with E-state index < -0.39 is 27.9 Å². The van der Waals surface area contributed by atoms with Gasteiger partial charge in [-0.05, 0) is 25.5 Å². The molecular formula is C12H15NO4S. The van der Waals surface area contributed by atoms with Crippen LogP contribution in [0.4, 0.5) is 5.69 Å². The number of carbonyl (C=O) groups is 2. The molecule has 1 rings (SSSR count). The van der Waals surface area contributed by atoms with E-state index in [1.165, 1.54) is 6.92 Å². The maximum atomic E-state index is 11.6. The molecule has 0 aliphatic heterocycles. The summed E-state index contributed by atoms with van der Waals surface area (Å²) >= 11 is 0. The lowest BCUT2D eigenvalue weighted by atomic mass is 10.2. The Morgan fingerprint density at radius 1 is 1.39 bits per heavy atom. The highest BCUT2D eigenvalue weighted by molar-refractivity contribution is 7.87. The first kappa shape index (κ1) is 14.4. The second-order valence-corrected chi connectivity index (χ2v) is 5.63. The molecule has 6 heteroatoms. The monoisotopic (exact) mass is 269 g/mol. The number of anilines is 1. The second kappa shape index (κ2) is 6.30. The molecular weight excluding hydrogens is 254 g/mol. The van der Waals surface area contributed by atoms with Crippen molar-refractivity contribution in [1.29, 1.82) is 0 Å². The number of aryl methyl sites for hydroxylation is 1. The lowest BCUT2D eigenvalue weighted by molar-refractivity contribution is -0.136. The van der Waals surface area contributed by atoms with Crippen LogP contribution in [0.5, 0.6) is 0 Å². The van der Waals surface area contributed by atoms with Crippen molar-refractivity contribution >= 4 is 28.4 Å². The fourth-order valence-electron chi connectivity index (χ4n) is 1.27. The molecule has 0 saturated heterocycles. The van der Waals surface area contributed by atoms with Crippen molar-refractivity contribution in [2.24, 2.45) is 0 Å². The van der Waals surface area contributed by atoms with E-state index in [4.69, 9.17) is 5.11 Å². The number of carboxylic acids is 1. The van der Waals surface area contributed by atoms with Crippen molar-refractivity contribution in [3.05, 3.63) is 29.8 Å². The van der Waals surface area contributed by atoms with Gasteiger partial charge in [0.25, 0.3) is 0 Å². The number of carbonyl (C=O) groups excluding carboxylic acids is 1. The molecule has 5 nitrogen and oxygen atoms in total. The van der Waals surface area contributed by atoms with Crippen LogP contribution in [0.3, 0.4) is 0 Å². The van der Waals surface area contributed by atoms with E-state index in [0.717, 1.165) is 5.56 Å². The third kappa shape index (κ3) is 3.96. The van der Waals surface area contributed by atoms with Gasteiger partial charge in [-0.3, -0.25) is 13.8 Å². The lowest BCUT2D eigenvalue weighted by Gasteiger charge is -2.09. The molecule has 2 unspecified atom stereocenters. The van der Waals surface area contributed by atoms with Gasteiger partial charge in [-0.1, -0.05) is 18.2 Å². The third-order valence-corrected chi connectivity index (χ3v) is 3.97. The summed E-state index contributed by atoms with van der Waals surface area (Å²) in [6.07, 6.45) is 0. The topological polar surface area (TPSA) is 83.5 Å². The SMILES string of the molecule is Cc1ccccc1NC(=O)CS(=O)C(C)C(=O)O. The summed E-state index contributed by atoms with van der Waals surface area (Å²) in [7, 11) is -1.72. The standard InChI is InChI=1S/C12H15NO4S/c1-8-5-3-4-6-10(8)13-11(14)7-18(17)9(2)12(15)16/h3-6,9H,7H2,1-2H3,(H,13,14)(H,15,16). The minimum Gasteiger partial charge on any atom is -0.480 e. The number of amides is 1. The quantitative estimate of drug-likeness (QED) is 0.840. The Kier molecular flexibility index (Phi) is 5.03. The van der Waals surface area contributed by atoms with Crippen molar-refractivity contribution in [2.45, 2.75) is 19.1 Å². The van der Waals surface area contributed by atoms with Gasteiger partial charge in [0.2, 0.25) is 5.91 Å². The first-order chi connectivity index (χ1) is 8.41. The molecule has 1 aromatic rings. The highest BCUT2D eigenvalue weighted by atomic mass is 32.2. The van der Waals surface area contributed by atoms with Crippen LogP contribution >= 0.6 is 0 Å². The molecule has 0 aliphatic rings. The molecule has 2 atom stereocenters. The molecule has 1 amide bonds. The zero-order valence-corrected chi connectivity index (χ0v) is 11.0. The van der Waals surface area contributed by atoms with Crippen LogP contribution < -0.4 is 5.32 Å². The number of para-hydroxylation sites is 1. The van der Waals surface area contributed by atoms with E-state index in [1.54, 1.807) is 12.1 Å². The van der Waals surface area contributed by atoms with E-state index >= 15 is 0 Å². The van der Waals surface area contributed by atoms with Crippen molar-refractivity contribution in [3.63, 3.8) is 0 Å². The number of benzene rings is 1. The smallest absolute Gasteiger partial charge is 0.318 e. The largest absolute Gasteiger partial charge is 0.480 e. The maximum absolute atomic E-state index is 11.6. The predicted molar refractivity (Wildman–Crippen MR) is 69.9 cm³/mol. The van der Waals surface area contributed by atoms with E-state index in [0.29, 0.717) is 5.69 Å². The summed E-state index contributed by atoms with van der Waals surface area (Å²) in [5, 5.41) is 10.2. The molecule has 0 heterocycles. The van der Waals surface area contributed by atoms with Crippen LogP contribution in [-0.2, 0) is 20.4 Å². The minimum atomic E-state index is -1.72. The maximum Gasteiger partial charge on any atom is 0.318 e. The first-order valence-corrected chi connectivity index (χ1v) is 6.75. The van der Waals surface area contributed by atoms with Crippen LogP contribution in [0.15, 0.2) is 24.3 Å². The Morgan fingerprint density at radius 2 is 2.00 bits per heavy atom. The van der Waals surface area contributed by atoms with Gasteiger partial charge in [-0.15, -0.1) is 0 Å². The zero-order chi connectivity index (χ0) is 13.7. The zero-order valence-electron chi connectivity index (χ0n) is 10.2. The van der Waals surface area contributed by atoms with Gasteiger partial charge in [0, 0.05) is 16.5 Å². The van der Waals surface area contributed by atoms with E-state index in [2.05, 4.69) is 5.32 Å². The Balaban J connectivity index is 2.60. The summed E-state index contributed by atoms with van der Waals surface area (Å²) in [6.45, 7) is 3.16. The Hall–Kier alpha value is -1.69. The molecule has 0 radical (unpaired) electrons. The molecule has 0 spiro atoms. The van der Waals surface area contributed by atoms with Gasteiger partial charge >= 0.3 is 5.97 Å². The number of aliphatic carboxylic acids is 1. The summed E-state index contributed by atoms with van der Waals surface area (Å²) in [6, 6.07) is 7.19. The van der Waals surface area contributed by atoms with Crippen LogP contribution in [0.25, 0.3) is 0 Å². The van der Waals surface area contributed by atoms with Crippen LogP contribution in [0.1, 0.15) is 12.5 Å². The number of hydrogen-bond acceptors (Lipinski definition) is 3. The Bertz CT molecular complexity index is 487. The normalized spacial score (nSPS) is 13.7. The second-order valence-electron chi connectivity index (χ2n) is 3.87. The van der Waals surface area contributed by atoms with Crippen molar-refractivity contribution in [1.82, 2.24) is 0 Å². The molecule has 0 aromatic heterocycles. The van der Waals surface area contributed by atoms with Gasteiger partial charge in [0.15, 0.2) is 0 Å². The summed E-state index contributed by atoms with van der Waals surface area (Å²) in [4.78, 5) is 22.2. The van der Waals surface area contributed by atoms with E-state index in [-0.39, 0.29) is 5.75 Å². The average molecular weight is 269 g/mol.